The Morgan fingerprint density at radius 1 is 0.789 bits per heavy atom. The first-order valence-electron chi connectivity index (χ1n) is 5.70. The molecule has 0 bridgehead atoms. The van der Waals surface area contributed by atoms with Crippen LogP contribution >= 0.6 is 0 Å². The molecule has 0 spiro atoms. The van der Waals surface area contributed by atoms with E-state index in [2.05, 4.69) is 9.63 Å². The Hall–Kier alpha value is -2.27. The highest BCUT2D eigenvalue weighted by Gasteiger charge is 2.18. The molecular weight excluding hydrogens is 260 g/mol. The minimum atomic E-state index is -3.55. The molecule has 0 atom stereocenters. The molecular formula is C14H10N2O2S. The van der Waals surface area contributed by atoms with Crippen molar-refractivity contribution in [1.29, 1.82) is 0 Å². The molecule has 0 N–H and O–H groups in total. The quantitative estimate of drug-likeness (QED) is 0.839. The van der Waals surface area contributed by atoms with Crippen molar-refractivity contribution in [1.82, 2.24) is 0 Å². The maximum Gasteiger partial charge on any atom is 0.295 e. The average Bonchev–Trinajstić information content (AvgIpc) is 2.80. The topological polar surface area (TPSA) is 58.9 Å². The maximum atomic E-state index is 11.3. The summed E-state index contributed by atoms with van der Waals surface area (Å²) in [5.41, 5.74) is 3.09. The maximum absolute atomic E-state index is 11.3. The summed E-state index contributed by atoms with van der Waals surface area (Å²) >= 11 is 0. The summed E-state index contributed by atoms with van der Waals surface area (Å²) in [6.45, 7) is 0. The molecule has 0 fully saturated rings. The third kappa shape index (κ3) is 2.32. The first kappa shape index (κ1) is 11.8. The summed E-state index contributed by atoms with van der Waals surface area (Å²) in [6.07, 6.45) is 0. The van der Waals surface area contributed by atoms with Gasteiger partial charge in [-0.2, -0.15) is 8.42 Å². The van der Waals surface area contributed by atoms with Gasteiger partial charge in [0.2, 0.25) is 0 Å². The number of benzene rings is 2. The predicted molar refractivity (Wildman–Crippen MR) is 73.6 cm³/mol. The van der Waals surface area contributed by atoms with Crippen molar-refractivity contribution < 1.29 is 8.42 Å². The highest BCUT2D eigenvalue weighted by atomic mass is 32.2. The van der Waals surface area contributed by atoms with Gasteiger partial charge in [0.25, 0.3) is 10.0 Å². The van der Waals surface area contributed by atoms with Gasteiger partial charge in [-0.15, -0.1) is 5.11 Å². The van der Waals surface area contributed by atoms with E-state index in [1.807, 2.05) is 54.6 Å². The summed E-state index contributed by atoms with van der Waals surface area (Å²) in [5.74, 6) is 0. The molecule has 1 heterocycles. The molecule has 0 radical (unpaired) electrons. The SMILES string of the molecule is O=S1(=O)C=C(c2ccccc2-c2ccccc2)N=N1. The molecule has 0 saturated carbocycles. The Balaban J connectivity index is 2.18. The zero-order valence-electron chi connectivity index (χ0n) is 9.89. The average molecular weight is 270 g/mol. The standard InChI is InChI=1S/C14H10N2O2S/c17-19(18)10-14(15-16-19)13-9-5-4-8-12(13)11-6-2-1-3-7-11/h1-10H. The van der Waals surface area contributed by atoms with Crippen molar-refractivity contribution in [3.63, 3.8) is 0 Å². The molecule has 4 nitrogen and oxygen atoms in total. The molecule has 0 aliphatic carbocycles. The number of hydrogen-bond donors (Lipinski definition) is 0. The molecule has 0 unspecified atom stereocenters. The molecule has 0 saturated heterocycles. The smallest absolute Gasteiger partial charge is 0.198 e. The minimum absolute atomic E-state index is 0.374. The van der Waals surface area contributed by atoms with E-state index in [1.54, 1.807) is 0 Å². The number of nitrogens with zero attached hydrogens (tertiary/aromatic N) is 2. The Kier molecular flexibility index (Phi) is 2.76. The van der Waals surface area contributed by atoms with Crippen LogP contribution < -0.4 is 0 Å². The van der Waals surface area contributed by atoms with E-state index in [1.165, 1.54) is 0 Å². The summed E-state index contributed by atoms with van der Waals surface area (Å²) in [5, 5.41) is 4.84. The van der Waals surface area contributed by atoms with Gasteiger partial charge in [0.15, 0.2) is 0 Å². The zero-order chi connectivity index (χ0) is 13.3. The van der Waals surface area contributed by atoms with E-state index in [-0.39, 0.29) is 0 Å². The van der Waals surface area contributed by atoms with Crippen molar-refractivity contribution in [3.05, 3.63) is 65.6 Å². The van der Waals surface area contributed by atoms with Crippen LogP contribution in [0.15, 0.2) is 69.6 Å². The Morgan fingerprint density at radius 2 is 1.42 bits per heavy atom. The van der Waals surface area contributed by atoms with Gasteiger partial charge in [-0.1, -0.05) is 59.1 Å². The van der Waals surface area contributed by atoms with Gasteiger partial charge in [0.1, 0.15) is 5.70 Å². The van der Waals surface area contributed by atoms with Gasteiger partial charge in [-0.25, -0.2) is 0 Å². The molecule has 2 aromatic rings. The normalized spacial score (nSPS) is 16.3. The zero-order valence-corrected chi connectivity index (χ0v) is 10.7. The lowest BCUT2D eigenvalue weighted by Crippen LogP contribution is -1.87. The van der Waals surface area contributed by atoms with Gasteiger partial charge in [-0.05, 0) is 11.1 Å². The summed E-state index contributed by atoms with van der Waals surface area (Å²) in [7, 11) is -3.55. The van der Waals surface area contributed by atoms with Crippen LogP contribution in [0.5, 0.6) is 0 Å². The minimum Gasteiger partial charge on any atom is -0.198 e. The molecule has 94 valence electrons. The Morgan fingerprint density at radius 3 is 2.05 bits per heavy atom. The van der Waals surface area contributed by atoms with E-state index < -0.39 is 10.0 Å². The fraction of sp³-hybridized carbons (Fsp3) is 0. The van der Waals surface area contributed by atoms with Crippen LogP contribution in [0.25, 0.3) is 16.8 Å². The lowest BCUT2D eigenvalue weighted by atomic mass is 9.98. The first-order valence-corrected chi connectivity index (χ1v) is 7.21. The molecule has 1 aliphatic heterocycles. The van der Waals surface area contributed by atoms with Crippen LogP contribution in [-0.4, -0.2) is 8.42 Å². The molecule has 2 aromatic carbocycles. The summed E-state index contributed by atoms with van der Waals surface area (Å²) in [4.78, 5) is 0. The fourth-order valence-electron chi connectivity index (χ4n) is 1.98. The van der Waals surface area contributed by atoms with Crippen molar-refractivity contribution >= 4 is 15.7 Å². The Labute approximate surface area is 111 Å². The van der Waals surface area contributed by atoms with E-state index in [0.29, 0.717) is 5.70 Å². The van der Waals surface area contributed by atoms with Crippen LogP contribution in [0.1, 0.15) is 5.56 Å². The highest BCUT2D eigenvalue weighted by Crippen LogP contribution is 2.32. The van der Waals surface area contributed by atoms with Crippen molar-refractivity contribution in [2.75, 3.05) is 0 Å². The monoisotopic (exact) mass is 270 g/mol. The van der Waals surface area contributed by atoms with E-state index in [4.69, 9.17) is 0 Å². The number of sulfonamides is 1. The van der Waals surface area contributed by atoms with Crippen LogP contribution in [0.2, 0.25) is 0 Å². The molecule has 0 aromatic heterocycles. The lowest BCUT2D eigenvalue weighted by Gasteiger charge is -2.07. The van der Waals surface area contributed by atoms with Crippen LogP contribution in [0, 0.1) is 0 Å². The van der Waals surface area contributed by atoms with Crippen LogP contribution in [0.3, 0.4) is 0 Å². The van der Waals surface area contributed by atoms with Crippen LogP contribution in [-0.2, 0) is 10.0 Å². The Bertz CT molecular complexity index is 778. The van der Waals surface area contributed by atoms with Gasteiger partial charge in [-0.3, -0.25) is 0 Å². The number of rotatable bonds is 2. The van der Waals surface area contributed by atoms with E-state index >= 15 is 0 Å². The van der Waals surface area contributed by atoms with Gasteiger partial charge in [0.05, 0.1) is 5.41 Å². The third-order valence-corrected chi connectivity index (χ3v) is 3.64. The van der Waals surface area contributed by atoms with Crippen molar-refractivity contribution in [3.8, 4) is 11.1 Å². The van der Waals surface area contributed by atoms with Gasteiger partial charge >= 0.3 is 0 Å². The molecule has 19 heavy (non-hydrogen) atoms. The summed E-state index contributed by atoms with van der Waals surface area (Å²) < 4.78 is 25.9. The third-order valence-electron chi connectivity index (χ3n) is 2.81. The van der Waals surface area contributed by atoms with Gasteiger partial charge in [0, 0.05) is 5.56 Å². The van der Waals surface area contributed by atoms with Crippen LogP contribution in [0.4, 0.5) is 0 Å². The predicted octanol–water partition coefficient (Wildman–Crippen LogP) is 3.45. The fourth-order valence-corrected chi connectivity index (χ4v) is 2.69. The molecule has 5 heteroatoms. The van der Waals surface area contributed by atoms with Crippen molar-refractivity contribution in [2.45, 2.75) is 0 Å². The largest absolute Gasteiger partial charge is 0.295 e. The molecule has 1 aliphatic rings. The van der Waals surface area contributed by atoms with Gasteiger partial charge < -0.3 is 0 Å². The van der Waals surface area contributed by atoms with E-state index in [9.17, 15) is 8.42 Å². The molecule has 3 rings (SSSR count). The second kappa shape index (κ2) is 4.44. The second-order valence-electron chi connectivity index (χ2n) is 4.11. The second-order valence-corrected chi connectivity index (χ2v) is 5.54. The molecule has 0 amide bonds. The summed E-state index contributed by atoms with van der Waals surface area (Å²) in [6, 6.07) is 17.3. The van der Waals surface area contributed by atoms with Crippen molar-refractivity contribution in [2.24, 2.45) is 9.63 Å². The highest BCUT2D eigenvalue weighted by molar-refractivity contribution is 7.93. The van der Waals surface area contributed by atoms with E-state index in [0.717, 1.165) is 22.1 Å². The number of hydrogen-bond acceptors (Lipinski definition) is 3. The first-order chi connectivity index (χ1) is 9.16. The lowest BCUT2D eigenvalue weighted by molar-refractivity contribution is 0.605.